The number of rotatable bonds is 1. The molecule has 1 aromatic rings. The minimum absolute atomic E-state index is 0.00141. The molecule has 0 spiro atoms. The third-order valence-corrected chi connectivity index (χ3v) is 2.85. The molecule has 1 fully saturated rings. The van der Waals surface area contributed by atoms with E-state index in [1.54, 1.807) is 0 Å². The van der Waals surface area contributed by atoms with Gasteiger partial charge in [-0.05, 0) is 16.5 Å². The lowest BCUT2D eigenvalue weighted by molar-refractivity contribution is 0.177. The number of hydrogen-bond donors (Lipinski definition) is 1. The zero-order valence-electron chi connectivity index (χ0n) is 9.91. The van der Waals surface area contributed by atoms with E-state index in [1.165, 1.54) is 5.56 Å². The van der Waals surface area contributed by atoms with Crippen LogP contribution in [0.3, 0.4) is 0 Å². The molecule has 0 bridgehead atoms. The normalized spacial score (nSPS) is 20.4. The topological polar surface area (TPSA) is 38.3 Å². The van der Waals surface area contributed by atoms with Crippen molar-refractivity contribution in [3.63, 3.8) is 0 Å². The molecule has 2 rings (SSSR count). The van der Waals surface area contributed by atoms with Crippen molar-refractivity contribution >= 4 is 6.09 Å². The van der Waals surface area contributed by atoms with Crippen molar-refractivity contribution in [2.24, 2.45) is 0 Å². The Balaban J connectivity index is 2.17. The van der Waals surface area contributed by atoms with E-state index in [0.717, 1.165) is 5.56 Å². The Bertz CT molecular complexity index is 389. The number of alkyl carbamates (subject to hydrolysis) is 1. The van der Waals surface area contributed by atoms with Gasteiger partial charge < -0.3 is 10.1 Å². The van der Waals surface area contributed by atoms with Gasteiger partial charge in [0.25, 0.3) is 0 Å². The number of hydrogen-bond acceptors (Lipinski definition) is 2. The maximum atomic E-state index is 10.9. The number of benzene rings is 1. The van der Waals surface area contributed by atoms with Gasteiger partial charge in [-0.2, -0.15) is 0 Å². The fourth-order valence-electron chi connectivity index (χ4n) is 1.78. The Kier molecular flexibility index (Phi) is 2.62. The summed E-state index contributed by atoms with van der Waals surface area (Å²) in [6, 6.07) is 8.33. The molecule has 3 nitrogen and oxygen atoms in total. The smallest absolute Gasteiger partial charge is 0.407 e. The summed E-state index contributed by atoms with van der Waals surface area (Å²) in [5.41, 5.74) is 2.55. The zero-order valence-corrected chi connectivity index (χ0v) is 9.91. The quantitative estimate of drug-likeness (QED) is 0.788. The van der Waals surface area contributed by atoms with Crippen molar-refractivity contribution in [3.05, 3.63) is 35.4 Å². The summed E-state index contributed by atoms with van der Waals surface area (Å²) in [4.78, 5) is 10.9. The highest BCUT2D eigenvalue weighted by atomic mass is 16.6. The van der Waals surface area contributed by atoms with E-state index in [2.05, 4.69) is 50.4 Å². The van der Waals surface area contributed by atoms with E-state index in [1.807, 2.05) is 0 Å². The molecule has 16 heavy (non-hydrogen) atoms. The lowest BCUT2D eigenvalue weighted by Gasteiger charge is -2.19. The lowest BCUT2D eigenvalue weighted by Crippen LogP contribution is -2.18. The monoisotopic (exact) mass is 219 g/mol. The fraction of sp³-hybridized carbons (Fsp3) is 0.462. The Morgan fingerprint density at radius 1 is 1.25 bits per heavy atom. The summed E-state index contributed by atoms with van der Waals surface area (Å²) < 4.78 is 4.87. The average Bonchev–Trinajstić information content (AvgIpc) is 2.64. The standard InChI is InChI=1S/C13H17NO2/c1-13(2,3)10-6-4-9(5-7-10)11-8-16-12(15)14-11/h4-7,11H,8H2,1-3H3,(H,14,15)/t11-/m0/s1. The van der Waals surface area contributed by atoms with Gasteiger partial charge in [-0.15, -0.1) is 0 Å². The molecule has 86 valence electrons. The largest absolute Gasteiger partial charge is 0.447 e. The highest BCUT2D eigenvalue weighted by molar-refractivity contribution is 5.70. The van der Waals surface area contributed by atoms with Crippen LogP contribution in [0, 0.1) is 0 Å². The van der Waals surface area contributed by atoms with Gasteiger partial charge in [0.15, 0.2) is 0 Å². The number of cyclic esters (lactones) is 1. The van der Waals surface area contributed by atoms with Crippen LogP contribution in [0.2, 0.25) is 0 Å². The maximum absolute atomic E-state index is 10.9. The first-order chi connectivity index (χ1) is 7.47. The maximum Gasteiger partial charge on any atom is 0.407 e. The molecule has 1 heterocycles. The van der Waals surface area contributed by atoms with Crippen LogP contribution in [0.4, 0.5) is 4.79 Å². The average molecular weight is 219 g/mol. The minimum atomic E-state index is -0.329. The van der Waals surface area contributed by atoms with Crippen molar-refractivity contribution in [2.45, 2.75) is 32.2 Å². The van der Waals surface area contributed by atoms with Crippen molar-refractivity contribution in [3.8, 4) is 0 Å². The number of nitrogens with one attached hydrogen (secondary N) is 1. The number of carbonyl (C=O) groups is 1. The summed E-state index contributed by atoms with van der Waals surface area (Å²) >= 11 is 0. The first-order valence-electron chi connectivity index (χ1n) is 5.50. The van der Waals surface area contributed by atoms with E-state index >= 15 is 0 Å². The van der Waals surface area contributed by atoms with Crippen LogP contribution in [0.1, 0.15) is 37.9 Å². The molecule has 1 atom stereocenters. The SMILES string of the molecule is CC(C)(C)c1ccc([C@@H]2COC(=O)N2)cc1. The molecule has 1 aliphatic heterocycles. The molecule has 3 heteroatoms. The molecular formula is C13H17NO2. The third kappa shape index (κ3) is 2.18. The lowest BCUT2D eigenvalue weighted by atomic mass is 9.86. The molecule has 0 aliphatic carbocycles. The molecule has 0 aromatic heterocycles. The molecule has 1 aliphatic rings. The van der Waals surface area contributed by atoms with Crippen LogP contribution in [-0.2, 0) is 10.2 Å². The first-order valence-corrected chi connectivity index (χ1v) is 5.50. The van der Waals surface area contributed by atoms with Crippen LogP contribution in [0.5, 0.6) is 0 Å². The van der Waals surface area contributed by atoms with E-state index in [9.17, 15) is 4.79 Å². The molecule has 0 radical (unpaired) electrons. The second-order valence-electron chi connectivity index (χ2n) is 5.17. The molecule has 0 saturated carbocycles. The predicted octanol–water partition coefficient (Wildman–Crippen LogP) is 2.77. The summed E-state index contributed by atoms with van der Waals surface area (Å²) in [6.07, 6.45) is -0.329. The summed E-state index contributed by atoms with van der Waals surface area (Å²) in [5.74, 6) is 0. The summed E-state index contributed by atoms with van der Waals surface area (Å²) in [6.45, 7) is 6.97. The Morgan fingerprint density at radius 2 is 1.88 bits per heavy atom. The summed E-state index contributed by atoms with van der Waals surface area (Å²) in [7, 11) is 0. The second-order valence-corrected chi connectivity index (χ2v) is 5.17. The molecule has 1 aromatic carbocycles. The number of amides is 1. The van der Waals surface area contributed by atoms with Gasteiger partial charge in [-0.3, -0.25) is 0 Å². The fourth-order valence-corrected chi connectivity index (χ4v) is 1.78. The first kappa shape index (κ1) is 11.0. The molecule has 1 N–H and O–H groups in total. The summed E-state index contributed by atoms with van der Waals surface area (Å²) in [5, 5.41) is 2.77. The molecule has 1 saturated heterocycles. The van der Waals surface area contributed by atoms with E-state index in [-0.39, 0.29) is 17.6 Å². The van der Waals surface area contributed by atoms with Gasteiger partial charge in [-0.25, -0.2) is 4.79 Å². The van der Waals surface area contributed by atoms with Crippen molar-refractivity contribution in [1.29, 1.82) is 0 Å². The minimum Gasteiger partial charge on any atom is -0.447 e. The van der Waals surface area contributed by atoms with Crippen LogP contribution in [0.15, 0.2) is 24.3 Å². The highest BCUT2D eigenvalue weighted by Gasteiger charge is 2.24. The van der Waals surface area contributed by atoms with Crippen LogP contribution in [-0.4, -0.2) is 12.7 Å². The van der Waals surface area contributed by atoms with Gasteiger partial charge in [0.05, 0.1) is 6.04 Å². The van der Waals surface area contributed by atoms with Gasteiger partial charge in [0, 0.05) is 0 Å². The third-order valence-electron chi connectivity index (χ3n) is 2.85. The van der Waals surface area contributed by atoms with Gasteiger partial charge in [-0.1, -0.05) is 45.0 Å². The zero-order chi connectivity index (χ0) is 11.8. The van der Waals surface area contributed by atoms with E-state index in [0.29, 0.717) is 6.61 Å². The van der Waals surface area contributed by atoms with Gasteiger partial charge in [0.2, 0.25) is 0 Å². The van der Waals surface area contributed by atoms with E-state index < -0.39 is 0 Å². The van der Waals surface area contributed by atoms with E-state index in [4.69, 9.17) is 4.74 Å². The molecule has 0 unspecified atom stereocenters. The van der Waals surface area contributed by atoms with Gasteiger partial charge in [0.1, 0.15) is 6.61 Å². The van der Waals surface area contributed by atoms with Crippen molar-refractivity contribution < 1.29 is 9.53 Å². The van der Waals surface area contributed by atoms with Crippen molar-refractivity contribution in [2.75, 3.05) is 6.61 Å². The predicted molar refractivity (Wildman–Crippen MR) is 62.4 cm³/mol. The molecule has 1 amide bonds. The number of carbonyl (C=O) groups excluding carboxylic acids is 1. The van der Waals surface area contributed by atoms with Crippen LogP contribution < -0.4 is 5.32 Å². The van der Waals surface area contributed by atoms with Crippen LogP contribution in [0.25, 0.3) is 0 Å². The Labute approximate surface area is 95.8 Å². The Morgan fingerprint density at radius 3 is 2.31 bits per heavy atom. The van der Waals surface area contributed by atoms with Crippen LogP contribution >= 0.6 is 0 Å². The Hall–Kier alpha value is -1.51. The van der Waals surface area contributed by atoms with Crippen molar-refractivity contribution in [1.82, 2.24) is 5.32 Å². The highest BCUT2D eigenvalue weighted by Crippen LogP contribution is 2.25. The number of ether oxygens (including phenoxy) is 1. The van der Waals surface area contributed by atoms with Gasteiger partial charge >= 0.3 is 6.09 Å². The second kappa shape index (κ2) is 3.81. The molecular weight excluding hydrogens is 202 g/mol.